The van der Waals surface area contributed by atoms with E-state index < -0.39 is 10.0 Å². The Labute approximate surface area is 136 Å². The first kappa shape index (κ1) is 17.5. The molecule has 0 aliphatic carbocycles. The summed E-state index contributed by atoms with van der Waals surface area (Å²) in [5.41, 5.74) is 0.578. The predicted octanol–water partition coefficient (Wildman–Crippen LogP) is -0.188. The third-order valence-electron chi connectivity index (χ3n) is 3.66. The van der Waals surface area contributed by atoms with Crippen LogP contribution in [0.3, 0.4) is 0 Å². The van der Waals surface area contributed by atoms with Crippen LogP contribution in [0.4, 0.5) is 10.5 Å². The molecule has 1 fully saturated rings. The Morgan fingerprint density at radius 2 is 1.91 bits per heavy atom. The number of sulfonamides is 1. The number of nitrogens with zero attached hydrogens (tertiary/aromatic N) is 2. The Balaban J connectivity index is 1.99. The van der Waals surface area contributed by atoms with Gasteiger partial charge in [0, 0.05) is 39.8 Å². The fraction of sp³-hybridized carbons (Fsp3) is 0.500. The van der Waals surface area contributed by atoms with Crippen molar-refractivity contribution in [2.75, 3.05) is 51.3 Å². The number of methoxy groups -OCH3 is 1. The molecule has 0 saturated carbocycles. The summed E-state index contributed by atoms with van der Waals surface area (Å²) in [6.07, 6.45) is 0. The molecule has 1 aromatic carbocycles. The summed E-state index contributed by atoms with van der Waals surface area (Å²) in [5.74, 6) is 0. The molecule has 0 spiro atoms. The van der Waals surface area contributed by atoms with Gasteiger partial charge in [-0.05, 0) is 12.1 Å². The Kier molecular flexibility index (Phi) is 5.80. The number of anilines is 1. The van der Waals surface area contributed by atoms with Gasteiger partial charge < -0.3 is 19.9 Å². The largest absolute Gasteiger partial charge is 0.383 e. The summed E-state index contributed by atoms with van der Waals surface area (Å²) in [7, 11) is -2.20. The first-order valence-electron chi connectivity index (χ1n) is 7.32. The van der Waals surface area contributed by atoms with Gasteiger partial charge in [-0.3, -0.25) is 0 Å². The van der Waals surface area contributed by atoms with Crippen LogP contribution in [0, 0.1) is 0 Å². The first-order valence-corrected chi connectivity index (χ1v) is 8.86. The third kappa shape index (κ3) is 4.57. The van der Waals surface area contributed by atoms with Crippen molar-refractivity contribution < 1.29 is 17.9 Å². The number of nitrogens with two attached hydrogens (primary N) is 1. The second-order valence-corrected chi connectivity index (χ2v) is 6.74. The van der Waals surface area contributed by atoms with Crippen LogP contribution in [0.1, 0.15) is 0 Å². The minimum atomic E-state index is -3.78. The number of benzene rings is 1. The third-order valence-corrected chi connectivity index (χ3v) is 4.62. The number of urea groups is 1. The van der Waals surface area contributed by atoms with E-state index in [2.05, 4.69) is 5.32 Å². The molecule has 1 aliphatic rings. The van der Waals surface area contributed by atoms with Crippen molar-refractivity contribution >= 4 is 21.7 Å². The van der Waals surface area contributed by atoms with Gasteiger partial charge in [-0.25, -0.2) is 18.4 Å². The lowest BCUT2D eigenvalue weighted by Crippen LogP contribution is -2.52. The van der Waals surface area contributed by atoms with Crippen molar-refractivity contribution in [1.82, 2.24) is 10.2 Å². The lowest BCUT2D eigenvalue weighted by atomic mass is 10.2. The molecule has 2 amide bonds. The lowest BCUT2D eigenvalue weighted by Gasteiger charge is -2.36. The number of amides is 2. The average Bonchev–Trinajstić information content (AvgIpc) is 2.54. The Bertz CT molecular complexity index is 642. The topological polar surface area (TPSA) is 105 Å². The fourth-order valence-electron chi connectivity index (χ4n) is 2.48. The fourth-order valence-corrected chi connectivity index (χ4v) is 3.24. The smallest absolute Gasteiger partial charge is 0.317 e. The number of carbonyl (C=O) groups excluding carboxylic acids is 1. The molecule has 0 unspecified atom stereocenters. The van der Waals surface area contributed by atoms with Crippen LogP contribution in [0.2, 0.25) is 0 Å². The van der Waals surface area contributed by atoms with Gasteiger partial charge in [0.2, 0.25) is 10.0 Å². The Hall–Kier alpha value is -1.84. The molecule has 3 N–H and O–H groups in total. The second kappa shape index (κ2) is 7.62. The number of hydrogen-bond donors (Lipinski definition) is 2. The standard InChI is InChI=1S/C14H22N4O4S/c1-22-11-6-16-14(19)18-9-7-17(8-10-18)12-4-2-3-5-13(12)23(15,20)21/h2-5H,6-11H2,1H3,(H,16,19)(H2,15,20,21). The summed E-state index contributed by atoms with van der Waals surface area (Å²) < 4.78 is 28.3. The lowest BCUT2D eigenvalue weighted by molar-refractivity contribution is 0.177. The summed E-state index contributed by atoms with van der Waals surface area (Å²) in [6.45, 7) is 3.04. The van der Waals surface area contributed by atoms with Gasteiger partial charge in [-0.2, -0.15) is 0 Å². The molecule has 23 heavy (non-hydrogen) atoms. The van der Waals surface area contributed by atoms with Gasteiger partial charge >= 0.3 is 6.03 Å². The number of primary sulfonamides is 1. The van der Waals surface area contributed by atoms with Gasteiger partial charge in [0.1, 0.15) is 4.90 Å². The molecular formula is C14H22N4O4S. The van der Waals surface area contributed by atoms with E-state index in [1.807, 2.05) is 4.90 Å². The number of rotatable bonds is 5. The molecule has 0 atom stereocenters. The molecule has 2 rings (SSSR count). The van der Waals surface area contributed by atoms with Crippen molar-refractivity contribution in [2.45, 2.75) is 4.90 Å². The highest BCUT2D eigenvalue weighted by atomic mass is 32.2. The van der Waals surface area contributed by atoms with E-state index in [1.165, 1.54) is 6.07 Å². The molecule has 1 aliphatic heterocycles. The highest BCUT2D eigenvalue weighted by molar-refractivity contribution is 7.89. The Morgan fingerprint density at radius 1 is 1.26 bits per heavy atom. The predicted molar refractivity (Wildman–Crippen MR) is 86.9 cm³/mol. The molecule has 1 aromatic rings. The summed E-state index contributed by atoms with van der Waals surface area (Å²) in [4.78, 5) is 15.7. The van der Waals surface area contributed by atoms with E-state index in [4.69, 9.17) is 9.88 Å². The van der Waals surface area contributed by atoms with E-state index in [9.17, 15) is 13.2 Å². The van der Waals surface area contributed by atoms with E-state index in [-0.39, 0.29) is 10.9 Å². The van der Waals surface area contributed by atoms with Crippen molar-refractivity contribution in [1.29, 1.82) is 0 Å². The van der Waals surface area contributed by atoms with Crippen LogP contribution in [0.15, 0.2) is 29.2 Å². The number of carbonyl (C=O) groups is 1. The summed E-state index contributed by atoms with van der Waals surface area (Å²) in [6, 6.07) is 6.50. The maximum absolute atomic E-state index is 12.0. The molecule has 1 saturated heterocycles. The zero-order chi connectivity index (χ0) is 16.9. The monoisotopic (exact) mass is 342 g/mol. The quantitative estimate of drug-likeness (QED) is 0.722. The normalized spacial score (nSPS) is 15.6. The number of hydrogen-bond acceptors (Lipinski definition) is 5. The molecule has 0 radical (unpaired) electrons. The maximum atomic E-state index is 12.0. The van der Waals surface area contributed by atoms with E-state index in [0.29, 0.717) is 45.0 Å². The molecule has 128 valence electrons. The molecule has 0 bridgehead atoms. The first-order chi connectivity index (χ1) is 10.9. The van der Waals surface area contributed by atoms with Crippen LogP contribution >= 0.6 is 0 Å². The van der Waals surface area contributed by atoms with Gasteiger partial charge in [0.25, 0.3) is 0 Å². The van der Waals surface area contributed by atoms with Crippen LogP contribution < -0.4 is 15.4 Å². The molecule has 0 aromatic heterocycles. The number of ether oxygens (including phenoxy) is 1. The van der Waals surface area contributed by atoms with Crippen LogP contribution in [0.25, 0.3) is 0 Å². The van der Waals surface area contributed by atoms with Gasteiger partial charge in [-0.15, -0.1) is 0 Å². The second-order valence-electron chi connectivity index (χ2n) is 5.21. The number of para-hydroxylation sites is 1. The molecule has 9 heteroatoms. The van der Waals surface area contributed by atoms with Gasteiger partial charge in [0.15, 0.2) is 0 Å². The van der Waals surface area contributed by atoms with Crippen molar-refractivity contribution in [3.63, 3.8) is 0 Å². The molecular weight excluding hydrogens is 320 g/mol. The van der Waals surface area contributed by atoms with Crippen LogP contribution in [-0.4, -0.2) is 65.8 Å². The number of piperazine rings is 1. The average molecular weight is 342 g/mol. The zero-order valence-electron chi connectivity index (χ0n) is 13.1. The Morgan fingerprint density at radius 3 is 2.52 bits per heavy atom. The van der Waals surface area contributed by atoms with Crippen molar-refractivity contribution in [3.8, 4) is 0 Å². The zero-order valence-corrected chi connectivity index (χ0v) is 13.9. The SMILES string of the molecule is COCCNC(=O)N1CCN(c2ccccc2S(N)(=O)=O)CC1. The van der Waals surface area contributed by atoms with E-state index >= 15 is 0 Å². The minimum absolute atomic E-state index is 0.109. The highest BCUT2D eigenvalue weighted by Crippen LogP contribution is 2.24. The van der Waals surface area contributed by atoms with Crippen molar-refractivity contribution in [3.05, 3.63) is 24.3 Å². The minimum Gasteiger partial charge on any atom is -0.383 e. The van der Waals surface area contributed by atoms with Crippen molar-refractivity contribution in [2.24, 2.45) is 5.14 Å². The van der Waals surface area contributed by atoms with Gasteiger partial charge in [0.05, 0.1) is 12.3 Å². The highest BCUT2D eigenvalue weighted by Gasteiger charge is 2.24. The maximum Gasteiger partial charge on any atom is 0.317 e. The van der Waals surface area contributed by atoms with Crippen LogP contribution in [0.5, 0.6) is 0 Å². The summed E-state index contributed by atoms with van der Waals surface area (Å²) in [5, 5.41) is 8.04. The molecule has 8 nitrogen and oxygen atoms in total. The van der Waals surface area contributed by atoms with E-state index in [0.717, 1.165) is 0 Å². The summed E-state index contributed by atoms with van der Waals surface area (Å²) >= 11 is 0. The van der Waals surface area contributed by atoms with E-state index in [1.54, 1.807) is 30.2 Å². The molecule has 1 heterocycles. The number of nitrogens with one attached hydrogen (secondary N) is 1. The van der Waals surface area contributed by atoms with Gasteiger partial charge in [-0.1, -0.05) is 12.1 Å². The van der Waals surface area contributed by atoms with Crippen LogP contribution in [-0.2, 0) is 14.8 Å².